The third-order valence-electron chi connectivity index (χ3n) is 4.47. The van der Waals surface area contributed by atoms with E-state index < -0.39 is 11.6 Å². The molecule has 0 aliphatic carbocycles. The van der Waals surface area contributed by atoms with Gasteiger partial charge < -0.3 is 15.0 Å². The van der Waals surface area contributed by atoms with Crippen molar-refractivity contribution in [2.45, 2.75) is 24.2 Å². The average molecular weight is 357 g/mol. The van der Waals surface area contributed by atoms with E-state index in [4.69, 9.17) is 0 Å². The van der Waals surface area contributed by atoms with Crippen LogP contribution < -0.4 is 5.32 Å². The second-order valence-corrected chi connectivity index (χ2v) is 7.23. The summed E-state index contributed by atoms with van der Waals surface area (Å²) in [6.07, 6.45) is -1.13. The Labute approximate surface area is 147 Å². The molecule has 0 saturated heterocycles. The third kappa shape index (κ3) is 2.74. The summed E-state index contributed by atoms with van der Waals surface area (Å²) in [5, 5.41) is 12.8. The lowest BCUT2D eigenvalue weighted by Crippen LogP contribution is -2.52. The Morgan fingerprint density at radius 1 is 1.36 bits per heavy atom. The van der Waals surface area contributed by atoms with Crippen LogP contribution in [0.4, 0.5) is 9.18 Å². The van der Waals surface area contributed by atoms with Crippen molar-refractivity contribution in [2.75, 3.05) is 5.75 Å². The number of halogens is 1. The topological polar surface area (TPSA) is 67.2 Å². The van der Waals surface area contributed by atoms with Crippen molar-refractivity contribution in [2.24, 2.45) is 0 Å². The summed E-state index contributed by atoms with van der Waals surface area (Å²) >= 11 is 1.47. The van der Waals surface area contributed by atoms with Gasteiger partial charge in [-0.05, 0) is 42.3 Å². The largest absolute Gasteiger partial charge is 0.465 e. The lowest BCUT2D eigenvalue weighted by molar-refractivity contribution is 0.175. The lowest BCUT2D eigenvalue weighted by Gasteiger charge is -2.37. The highest BCUT2D eigenvalue weighted by molar-refractivity contribution is 7.99. The van der Waals surface area contributed by atoms with Gasteiger partial charge >= 0.3 is 6.09 Å². The number of nitrogens with one attached hydrogen (secondary N) is 1. The molecule has 0 fully saturated rings. The second kappa shape index (κ2) is 5.77. The van der Waals surface area contributed by atoms with Crippen LogP contribution in [0.3, 0.4) is 0 Å². The number of imidazole rings is 1. The number of thioether (sulfide) groups is 1. The number of carboxylic acid groups (broad SMARTS) is 1. The van der Waals surface area contributed by atoms with Gasteiger partial charge in [-0.1, -0.05) is 30.0 Å². The van der Waals surface area contributed by atoms with Crippen molar-refractivity contribution in [1.29, 1.82) is 0 Å². The first-order chi connectivity index (χ1) is 12.0. The highest BCUT2D eigenvalue weighted by Crippen LogP contribution is 2.39. The van der Waals surface area contributed by atoms with E-state index in [0.717, 1.165) is 21.8 Å². The first-order valence-electron chi connectivity index (χ1n) is 7.84. The molecule has 0 bridgehead atoms. The highest BCUT2D eigenvalue weighted by atomic mass is 32.2. The molecular weight excluding hydrogens is 341 g/mol. The van der Waals surface area contributed by atoms with Crippen molar-refractivity contribution < 1.29 is 14.3 Å². The van der Waals surface area contributed by atoms with E-state index in [0.29, 0.717) is 17.9 Å². The Morgan fingerprint density at radius 3 is 2.96 bits per heavy atom. The molecule has 0 spiro atoms. The minimum Gasteiger partial charge on any atom is -0.465 e. The van der Waals surface area contributed by atoms with Crippen molar-refractivity contribution in [3.05, 3.63) is 59.4 Å². The summed E-state index contributed by atoms with van der Waals surface area (Å²) in [7, 11) is 0. The first-order valence-corrected chi connectivity index (χ1v) is 8.82. The zero-order valence-electron chi connectivity index (χ0n) is 13.5. The van der Waals surface area contributed by atoms with Gasteiger partial charge in [-0.25, -0.2) is 14.2 Å². The molecule has 0 saturated carbocycles. The van der Waals surface area contributed by atoms with Gasteiger partial charge in [-0.15, -0.1) is 0 Å². The number of fused-ring (bicyclic) bond motifs is 3. The van der Waals surface area contributed by atoms with Gasteiger partial charge in [0.05, 0.1) is 23.1 Å². The molecular formula is C18H16FN3O2S. The van der Waals surface area contributed by atoms with Gasteiger partial charge in [0.25, 0.3) is 0 Å². The summed E-state index contributed by atoms with van der Waals surface area (Å²) in [5.41, 5.74) is 2.65. The van der Waals surface area contributed by atoms with E-state index in [2.05, 4.69) is 10.3 Å². The predicted molar refractivity (Wildman–Crippen MR) is 94.4 cm³/mol. The number of carbonyl (C=O) groups is 1. The molecule has 128 valence electrons. The molecule has 1 aliphatic rings. The number of amides is 1. The molecule has 1 aliphatic heterocycles. The van der Waals surface area contributed by atoms with E-state index in [1.165, 1.54) is 23.9 Å². The van der Waals surface area contributed by atoms with Crippen molar-refractivity contribution in [1.82, 2.24) is 14.9 Å². The predicted octanol–water partition coefficient (Wildman–Crippen LogP) is 3.75. The molecule has 0 radical (unpaired) electrons. The molecule has 3 aromatic rings. The van der Waals surface area contributed by atoms with E-state index >= 15 is 0 Å². The molecule has 25 heavy (non-hydrogen) atoms. The fourth-order valence-corrected chi connectivity index (χ4v) is 4.48. The zero-order chi connectivity index (χ0) is 17.6. The summed E-state index contributed by atoms with van der Waals surface area (Å²) in [5.74, 6) is 0.0661. The summed E-state index contributed by atoms with van der Waals surface area (Å²) in [6.45, 7) is 2.37. The van der Waals surface area contributed by atoms with E-state index in [1.54, 1.807) is 12.1 Å². The van der Waals surface area contributed by atoms with Crippen LogP contribution in [-0.2, 0) is 12.1 Å². The van der Waals surface area contributed by atoms with Gasteiger partial charge in [0.2, 0.25) is 0 Å². The zero-order valence-corrected chi connectivity index (χ0v) is 14.3. The van der Waals surface area contributed by atoms with Crippen LogP contribution >= 0.6 is 11.8 Å². The van der Waals surface area contributed by atoms with E-state index in [-0.39, 0.29) is 5.82 Å². The maximum atomic E-state index is 13.8. The lowest BCUT2D eigenvalue weighted by atomic mass is 9.91. The van der Waals surface area contributed by atoms with Crippen LogP contribution in [-0.4, -0.2) is 26.5 Å². The number of hydrogen-bond donors (Lipinski definition) is 2. The molecule has 1 aromatic heterocycles. The summed E-state index contributed by atoms with van der Waals surface area (Å²) in [4.78, 5) is 16.1. The standard InChI is InChI=1S/C18H16FN3O2S/c1-11-5-6-15-14(7-11)20-16-22(15)9-18(10-25-16,21-17(23)24)12-3-2-4-13(19)8-12/h2-8,21H,9-10H2,1H3,(H,23,24). The summed E-state index contributed by atoms with van der Waals surface area (Å²) < 4.78 is 15.8. The number of nitrogens with zero attached hydrogens (tertiary/aromatic N) is 2. The maximum Gasteiger partial charge on any atom is 0.405 e. The van der Waals surface area contributed by atoms with E-state index in [9.17, 15) is 14.3 Å². The number of benzene rings is 2. The Kier molecular flexibility index (Phi) is 3.68. The monoisotopic (exact) mass is 357 g/mol. The number of hydrogen-bond acceptors (Lipinski definition) is 3. The Morgan fingerprint density at radius 2 is 2.20 bits per heavy atom. The molecule has 4 rings (SSSR count). The van der Waals surface area contributed by atoms with Crippen molar-refractivity contribution >= 4 is 28.9 Å². The minimum absolute atomic E-state index is 0.366. The van der Waals surface area contributed by atoms with Crippen LogP contribution in [0.2, 0.25) is 0 Å². The van der Waals surface area contributed by atoms with Crippen LogP contribution in [0, 0.1) is 12.7 Å². The van der Waals surface area contributed by atoms with Crippen LogP contribution in [0.5, 0.6) is 0 Å². The average Bonchev–Trinajstić information content (AvgIpc) is 2.90. The fraction of sp³-hybridized carbons (Fsp3) is 0.222. The Balaban J connectivity index is 1.85. The van der Waals surface area contributed by atoms with Crippen LogP contribution in [0.15, 0.2) is 47.6 Å². The molecule has 1 amide bonds. The quantitative estimate of drug-likeness (QED) is 0.733. The molecule has 1 atom stereocenters. The second-order valence-electron chi connectivity index (χ2n) is 6.28. The normalized spacial score (nSPS) is 19.6. The molecule has 1 unspecified atom stereocenters. The Hall–Kier alpha value is -2.54. The van der Waals surface area contributed by atoms with Gasteiger partial charge in [0.1, 0.15) is 5.82 Å². The number of rotatable bonds is 2. The van der Waals surface area contributed by atoms with E-state index in [1.807, 2.05) is 29.7 Å². The fourth-order valence-electron chi connectivity index (χ4n) is 3.30. The molecule has 2 N–H and O–H groups in total. The van der Waals surface area contributed by atoms with Crippen molar-refractivity contribution in [3.8, 4) is 0 Å². The van der Waals surface area contributed by atoms with Gasteiger partial charge in [0, 0.05) is 5.75 Å². The van der Waals surface area contributed by atoms with Crippen LogP contribution in [0.1, 0.15) is 11.1 Å². The van der Waals surface area contributed by atoms with Gasteiger partial charge in [0.15, 0.2) is 5.16 Å². The first kappa shape index (κ1) is 16.0. The van der Waals surface area contributed by atoms with Crippen molar-refractivity contribution in [3.63, 3.8) is 0 Å². The smallest absolute Gasteiger partial charge is 0.405 e. The third-order valence-corrected chi connectivity index (χ3v) is 5.67. The maximum absolute atomic E-state index is 13.8. The summed E-state index contributed by atoms with van der Waals surface area (Å²) in [6, 6.07) is 12.1. The number of aromatic nitrogens is 2. The SMILES string of the molecule is Cc1ccc2c(c1)nc1n2CC(NC(=O)O)(c2cccc(F)c2)CS1. The highest BCUT2D eigenvalue weighted by Gasteiger charge is 2.40. The molecule has 5 nitrogen and oxygen atoms in total. The molecule has 2 heterocycles. The minimum atomic E-state index is -1.13. The Bertz CT molecular complexity index is 988. The van der Waals surface area contributed by atoms with Crippen LogP contribution in [0.25, 0.3) is 11.0 Å². The van der Waals surface area contributed by atoms with Gasteiger partial charge in [-0.3, -0.25) is 0 Å². The van der Waals surface area contributed by atoms with Gasteiger partial charge in [-0.2, -0.15) is 0 Å². The number of aryl methyl sites for hydroxylation is 1. The molecule has 2 aromatic carbocycles. The molecule has 7 heteroatoms.